The van der Waals surface area contributed by atoms with Crippen LogP contribution in [0.4, 0.5) is 13.2 Å². The molecule has 0 aliphatic heterocycles. The summed E-state index contributed by atoms with van der Waals surface area (Å²) in [6.45, 7) is 0. The Morgan fingerprint density at radius 3 is 2.48 bits per heavy atom. The van der Waals surface area contributed by atoms with Gasteiger partial charge in [0, 0.05) is 34.9 Å². The van der Waals surface area contributed by atoms with E-state index in [9.17, 15) is 26.4 Å². The number of aromatic nitrogens is 2. The number of H-pyrrole nitrogens is 1. The number of nitrogens with two attached hydrogens (primary N) is 1. The fourth-order valence-electron chi connectivity index (χ4n) is 4.35. The number of aromatic amines is 1. The summed E-state index contributed by atoms with van der Waals surface area (Å²) in [5, 5.41) is 8.59. The normalized spacial score (nSPS) is 12.1. The molecule has 2 aromatic heterocycles. The van der Waals surface area contributed by atoms with Crippen molar-refractivity contribution in [3.8, 4) is 11.1 Å². The number of nitrogens with one attached hydrogen (secondary N) is 2. The van der Waals surface area contributed by atoms with Gasteiger partial charge in [0.05, 0.1) is 22.7 Å². The van der Waals surface area contributed by atoms with E-state index in [-0.39, 0.29) is 28.3 Å². The molecule has 11 heteroatoms. The third-order valence-electron chi connectivity index (χ3n) is 6.09. The molecule has 3 aromatic carbocycles. The van der Waals surface area contributed by atoms with Gasteiger partial charge in [-0.25, -0.2) is 26.7 Å². The molecule has 0 aliphatic rings. The van der Waals surface area contributed by atoms with Crippen LogP contribution in [-0.2, 0) is 21.2 Å². The van der Waals surface area contributed by atoms with Gasteiger partial charge in [0.25, 0.3) is 0 Å². The Balaban J connectivity index is 1.58. The van der Waals surface area contributed by atoms with Crippen LogP contribution in [0.1, 0.15) is 16.8 Å². The zero-order valence-corrected chi connectivity index (χ0v) is 21.5. The molecular weight excluding hydrogens is 541 g/mol. The summed E-state index contributed by atoms with van der Waals surface area (Å²) >= 11 is 0. The Hall–Kier alpha value is -4.74. The van der Waals surface area contributed by atoms with Gasteiger partial charge in [0.1, 0.15) is 17.5 Å². The summed E-state index contributed by atoms with van der Waals surface area (Å²) in [7, 11) is -4.01. The van der Waals surface area contributed by atoms with Crippen LogP contribution in [0, 0.1) is 17.5 Å². The molecule has 5 aromatic rings. The standard InChI is InChI=1S/C29H21F3N4O3S/c30-20-6-7-26-25(15-20)19(16-35-26)13-28(37)36-27(11-17-9-21(31)14-22(32)10-17)29-24(5-2-8-34-29)18-3-1-4-23(12-18)40(33,38)39/h1-12,14-16,35H,13H2,(H,36,37)(H2,33,38,39)/b27-11-. The number of hydrogen-bond acceptors (Lipinski definition) is 4. The first-order chi connectivity index (χ1) is 19.1. The van der Waals surface area contributed by atoms with Crippen LogP contribution in [0.5, 0.6) is 0 Å². The number of carbonyl (C=O) groups excluding carboxylic acids is 1. The Morgan fingerprint density at radius 1 is 0.950 bits per heavy atom. The van der Waals surface area contributed by atoms with E-state index in [4.69, 9.17) is 5.14 Å². The smallest absolute Gasteiger partial charge is 0.238 e. The predicted molar refractivity (Wildman–Crippen MR) is 145 cm³/mol. The molecule has 0 saturated heterocycles. The lowest BCUT2D eigenvalue weighted by molar-refractivity contribution is -0.119. The number of carbonyl (C=O) groups is 1. The second-order valence-corrected chi connectivity index (χ2v) is 10.5. The van der Waals surface area contributed by atoms with E-state index in [1.807, 2.05) is 0 Å². The zero-order valence-electron chi connectivity index (χ0n) is 20.7. The van der Waals surface area contributed by atoms with Gasteiger partial charge in [0.15, 0.2) is 0 Å². The summed E-state index contributed by atoms with van der Waals surface area (Å²) in [4.78, 5) is 20.5. The van der Waals surface area contributed by atoms with Gasteiger partial charge in [-0.05, 0) is 71.3 Å². The monoisotopic (exact) mass is 562 g/mol. The number of nitrogens with zero attached hydrogens (tertiary/aromatic N) is 1. The van der Waals surface area contributed by atoms with Crippen LogP contribution >= 0.6 is 0 Å². The topological polar surface area (TPSA) is 118 Å². The van der Waals surface area contributed by atoms with Crippen LogP contribution < -0.4 is 10.5 Å². The van der Waals surface area contributed by atoms with Gasteiger partial charge >= 0.3 is 0 Å². The fraction of sp³-hybridized carbons (Fsp3) is 0.0345. The lowest BCUT2D eigenvalue weighted by atomic mass is 10.0. The van der Waals surface area contributed by atoms with Crippen molar-refractivity contribution in [1.82, 2.24) is 15.3 Å². The maximum atomic E-state index is 14.0. The van der Waals surface area contributed by atoms with Gasteiger partial charge in [-0.15, -0.1) is 0 Å². The summed E-state index contributed by atoms with van der Waals surface area (Å²) in [5.41, 5.74) is 2.44. The maximum Gasteiger partial charge on any atom is 0.238 e. The lowest BCUT2D eigenvalue weighted by Crippen LogP contribution is -2.24. The molecule has 40 heavy (non-hydrogen) atoms. The third-order valence-corrected chi connectivity index (χ3v) is 7.00. The van der Waals surface area contributed by atoms with Gasteiger partial charge in [-0.3, -0.25) is 9.78 Å². The molecule has 202 valence electrons. The quantitative estimate of drug-likeness (QED) is 0.254. The van der Waals surface area contributed by atoms with Crippen molar-refractivity contribution < 1.29 is 26.4 Å². The predicted octanol–water partition coefficient (Wildman–Crippen LogP) is 5.15. The van der Waals surface area contributed by atoms with Crippen molar-refractivity contribution in [3.63, 3.8) is 0 Å². The molecule has 0 aliphatic carbocycles. The highest BCUT2D eigenvalue weighted by Crippen LogP contribution is 2.29. The summed E-state index contributed by atoms with van der Waals surface area (Å²) in [6, 6.07) is 16.2. The van der Waals surface area contributed by atoms with Gasteiger partial charge < -0.3 is 10.3 Å². The van der Waals surface area contributed by atoms with Crippen LogP contribution in [0.3, 0.4) is 0 Å². The Kier molecular flexibility index (Phi) is 7.24. The van der Waals surface area contributed by atoms with E-state index in [0.29, 0.717) is 27.6 Å². The zero-order chi connectivity index (χ0) is 28.4. The SMILES string of the molecule is NS(=O)(=O)c1cccc(-c2cccnc2/C(=C/c2cc(F)cc(F)c2)NC(=O)Cc2c[nH]c3ccc(F)cc23)c1. The molecule has 0 fully saturated rings. The molecule has 0 bridgehead atoms. The number of amides is 1. The number of primary sulfonamides is 1. The van der Waals surface area contributed by atoms with E-state index in [1.54, 1.807) is 30.5 Å². The van der Waals surface area contributed by atoms with E-state index >= 15 is 0 Å². The molecule has 0 radical (unpaired) electrons. The van der Waals surface area contributed by atoms with Crippen LogP contribution in [0.25, 0.3) is 33.8 Å². The van der Waals surface area contributed by atoms with Crippen molar-refractivity contribution in [2.24, 2.45) is 5.14 Å². The second-order valence-electron chi connectivity index (χ2n) is 8.96. The Bertz CT molecular complexity index is 1880. The number of rotatable bonds is 7. The first kappa shape index (κ1) is 26.9. The number of fused-ring (bicyclic) bond motifs is 1. The molecule has 5 rings (SSSR count). The summed E-state index contributed by atoms with van der Waals surface area (Å²) in [5.74, 6) is -2.61. The van der Waals surface area contributed by atoms with Crippen LogP contribution in [0.2, 0.25) is 0 Å². The molecular formula is C29H21F3N4O3S. The number of pyridine rings is 1. The third kappa shape index (κ3) is 5.95. The second kappa shape index (κ2) is 10.8. The van der Waals surface area contributed by atoms with E-state index < -0.39 is 33.4 Å². The largest absolute Gasteiger partial charge is 0.361 e. The van der Waals surface area contributed by atoms with E-state index in [1.165, 1.54) is 42.6 Å². The summed E-state index contributed by atoms with van der Waals surface area (Å²) in [6.07, 6.45) is 4.26. The number of sulfonamides is 1. The molecule has 0 spiro atoms. The van der Waals surface area contributed by atoms with Gasteiger partial charge in [-0.1, -0.05) is 18.2 Å². The highest BCUT2D eigenvalue weighted by Gasteiger charge is 2.18. The molecule has 2 heterocycles. The van der Waals surface area contributed by atoms with Crippen molar-refractivity contribution in [3.05, 3.63) is 119 Å². The van der Waals surface area contributed by atoms with Crippen molar-refractivity contribution >= 4 is 38.6 Å². The fourth-order valence-corrected chi connectivity index (χ4v) is 4.91. The van der Waals surface area contributed by atoms with Crippen LogP contribution in [0.15, 0.2) is 90.1 Å². The molecule has 0 saturated carbocycles. The average molecular weight is 563 g/mol. The minimum atomic E-state index is -4.01. The minimum Gasteiger partial charge on any atom is -0.361 e. The molecule has 7 nitrogen and oxygen atoms in total. The summed E-state index contributed by atoms with van der Waals surface area (Å²) < 4.78 is 65.7. The van der Waals surface area contributed by atoms with Crippen molar-refractivity contribution in [2.75, 3.05) is 0 Å². The number of benzene rings is 3. The number of halogens is 3. The molecule has 4 N–H and O–H groups in total. The molecule has 0 atom stereocenters. The van der Waals surface area contributed by atoms with Crippen LogP contribution in [-0.4, -0.2) is 24.3 Å². The average Bonchev–Trinajstić information content (AvgIpc) is 3.28. The van der Waals surface area contributed by atoms with Gasteiger partial charge in [0.2, 0.25) is 15.9 Å². The first-order valence-electron chi connectivity index (χ1n) is 11.9. The van der Waals surface area contributed by atoms with E-state index in [2.05, 4.69) is 15.3 Å². The number of hydrogen-bond donors (Lipinski definition) is 3. The van der Waals surface area contributed by atoms with E-state index in [0.717, 1.165) is 18.2 Å². The Morgan fingerprint density at radius 2 is 1.73 bits per heavy atom. The lowest BCUT2D eigenvalue weighted by Gasteiger charge is -2.15. The molecule has 1 amide bonds. The Labute approximate surface area is 227 Å². The maximum absolute atomic E-state index is 14.0. The highest BCUT2D eigenvalue weighted by atomic mass is 32.2. The minimum absolute atomic E-state index is 0.0950. The first-order valence-corrected chi connectivity index (χ1v) is 13.4. The molecule has 0 unspecified atom stereocenters. The van der Waals surface area contributed by atoms with Gasteiger partial charge in [-0.2, -0.15) is 0 Å². The van der Waals surface area contributed by atoms with Crippen molar-refractivity contribution in [2.45, 2.75) is 11.3 Å². The van der Waals surface area contributed by atoms with Crippen molar-refractivity contribution in [1.29, 1.82) is 0 Å². The highest BCUT2D eigenvalue weighted by molar-refractivity contribution is 7.89.